The standard InChI is InChI=1S/C20H29N3.3ClH.V/c1-16-12-19(14-21-17-8-4-2-5-9-17)23-20(13-16)15-22-18-10-6-3-7-11-18;;;;/h12-15,17-18H,2-11H2,1H3;3*1H;/q;;;;+3/p-3. The zero-order valence-electron chi connectivity index (χ0n) is 16.0. The molecule has 0 aliphatic heterocycles. The Bertz CT molecular complexity index is 523. The first kappa shape index (κ1) is 29.1. The van der Waals surface area contributed by atoms with Gasteiger partial charge >= 0.3 is 18.6 Å². The zero-order valence-corrected chi connectivity index (χ0v) is 19.6. The number of aryl methyl sites for hydroxylation is 1. The van der Waals surface area contributed by atoms with Crippen molar-refractivity contribution in [1.29, 1.82) is 0 Å². The van der Waals surface area contributed by atoms with Crippen LogP contribution >= 0.6 is 0 Å². The summed E-state index contributed by atoms with van der Waals surface area (Å²) in [7, 11) is 0. The van der Waals surface area contributed by atoms with Crippen molar-refractivity contribution in [3.05, 3.63) is 29.1 Å². The molecule has 2 fully saturated rings. The Morgan fingerprint density at radius 2 is 1.11 bits per heavy atom. The Morgan fingerprint density at radius 1 is 0.741 bits per heavy atom. The summed E-state index contributed by atoms with van der Waals surface area (Å²) in [5, 5.41) is 0. The Labute approximate surface area is 194 Å². The molecule has 0 aromatic carbocycles. The molecule has 2 aliphatic carbocycles. The summed E-state index contributed by atoms with van der Waals surface area (Å²) in [6.45, 7) is 2.12. The van der Waals surface area contributed by atoms with Crippen LogP contribution in [0.1, 0.15) is 81.2 Å². The van der Waals surface area contributed by atoms with Gasteiger partial charge in [-0.25, -0.2) is 4.98 Å². The fourth-order valence-electron chi connectivity index (χ4n) is 3.68. The van der Waals surface area contributed by atoms with E-state index in [0.29, 0.717) is 12.1 Å². The van der Waals surface area contributed by atoms with Crippen LogP contribution in [0.2, 0.25) is 0 Å². The van der Waals surface area contributed by atoms with Crippen LogP contribution in [0.25, 0.3) is 0 Å². The van der Waals surface area contributed by atoms with Crippen LogP contribution in [0.3, 0.4) is 0 Å². The molecule has 2 aliphatic rings. The third-order valence-electron chi connectivity index (χ3n) is 4.99. The second-order valence-corrected chi connectivity index (χ2v) is 7.13. The molecule has 1 aromatic rings. The van der Waals surface area contributed by atoms with Crippen LogP contribution in [0, 0.1) is 6.92 Å². The van der Waals surface area contributed by atoms with Gasteiger partial charge in [-0.3, -0.25) is 9.98 Å². The van der Waals surface area contributed by atoms with Crippen molar-refractivity contribution in [2.24, 2.45) is 9.98 Å². The largest absolute Gasteiger partial charge is 3.00 e. The predicted molar refractivity (Wildman–Crippen MR) is 97.9 cm³/mol. The van der Waals surface area contributed by atoms with E-state index in [1.807, 2.05) is 12.4 Å². The maximum absolute atomic E-state index is 4.75. The molecule has 0 radical (unpaired) electrons. The Kier molecular flexibility index (Phi) is 17.1. The van der Waals surface area contributed by atoms with Gasteiger partial charge in [-0.05, 0) is 50.3 Å². The minimum Gasteiger partial charge on any atom is -1.00 e. The second-order valence-electron chi connectivity index (χ2n) is 7.13. The number of hydrogen-bond acceptors (Lipinski definition) is 3. The first-order chi connectivity index (χ1) is 11.3. The van der Waals surface area contributed by atoms with E-state index >= 15 is 0 Å². The van der Waals surface area contributed by atoms with Gasteiger partial charge in [0, 0.05) is 12.4 Å². The molecule has 1 heterocycles. The number of aliphatic imine (C=N–C) groups is 2. The van der Waals surface area contributed by atoms with Crippen LogP contribution in [-0.2, 0) is 18.6 Å². The van der Waals surface area contributed by atoms with Crippen molar-refractivity contribution in [1.82, 2.24) is 4.98 Å². The molecule has 3 nitrogen and oxygen atoms in total. The summed E-state index contributed by atoms with van der Waals surface area (Å²) in [5.74, 6) is 0. The molecule has 0 spiro atoms. The maximum atomic E-state index is 4.75. The van der Waals surface area contributed by atoms with E-state index in [4.69, 9.17) is 15.0 Å². The zero-order chi connectivity index (χ0) is 15.9. The van der Waals surface area contributed by atoms with E-state index in [1.165, 1.54) is 69.8 Å². The molecule has 0 saturated heterocycles. The third kappa shape index (κ3) is 10.3. The van der Waals surface area contributed by atoms with E-state index < -0.39 is 0 Å². The molecule has 0 unspecified atom stereocenters. The van der Waals surface area contributed by atoms with E-state index in [9.17, 15) is 0 Å². The summed E-state index contributed by atoms with van der Waals surface area (Å²) in [4.78, 5) is 14.2. The van der Waals surface area contributed by atoms with Crippen LogP contribution in [0.15, 0.2) is 22.1 Å². The van der Waals surface area contributed by atoms with Gasteiger partial charge in [-0.15, -0.1) is 0 Å². The van der Waals surface area contributed by atoms with Gasteiger partial charge < -0.3 is 37.2 Å². The molecule has 0 amide bonds. The summed E-state index contributed by atoms with van der Waals surface area (Å²) >= 11 is 0. The molecule has 1 aromatic heterocycles. The monoisotopic (exact) mass is 467 g/mol. The number of halogens is 3. The molecule has 7 heteroatoms. The second kappa shape index (κ2) is 15.8. The summed E-state index contributed by atoms with van der Waals surface area (Å²) < 4.78 is 0. The molecule has 150 valence electrons. The average Bonchev–Trinajstić information content (AvgIpc) is 2.60. The van der Waals surface area contributed by atoms with Crippen LogP contribution in [0.4, 0.5) is 0 Å². The molecule has 27 heavy (non-hydrogen) atoms. The number of pyridine rings is 1. The smallest absolute Gasteiger partial charge is 1.00 e. The Hall–Kier alpha value is -0.0556. The number of aromatic nitrogens is 1. The summed E-state index contributed by atoms with van der Waals surface area (Å²) in [6, 6.07) is 5.24. The minimum atomic E-state index is 0. The van der Waals surface area contributed by atoms with E-state index in [0.717, 1.165) is 11.4 Å². The van der Waals surface area contributed by atoms with Gasteiger partial charge in [0.05, 0.1) is 23.5 Å². The van der Waals surface area contributed by atoms with Gasteiger partial charge in [0.1, 0.15) is 0 Å². The summed E-state index contributed by atoms with van der Waals surface area (Å²) in [6.07, 6.45) is 16.9. The molecule has 0 bridgehead atoms. The topological polar surface area (TPSA) is 37.6 Å². The van der Waals surface area contributed by atoms with Gasteiger partial charge in [-0.2, -0.15) is 0 Å². The van der Waals surface area contributed by atoms with Gasteiger partial charge in [0.25, 0.3) is 0 Å². The molecular formula is C20H29Cl3N3V. The Morgan fingerprint density at radius 3 is 1.48 bits per heavy atom. The van der Waals surface area contributed by atoms with Crippen molar-refractivity contribution in [2.75, 3.05) is 0 Å². The maximum Gasteiger partial charge on any atom is 3.00 e. The van der Waals surface area contributed by atoms with Crippen molar-refractivity contribution in [3.8, 4) is 0 Å². The summed E-state index contributed by atoms with van der Waals surface area (Å²) in [5.41, 5.74) is 3.18. The molecule has 0 atom stereocenters. The molecule has 3 rings (SSSR count). The van der Waals surface area contributed by atoms with Crippen LogP contribution in [-0.4, -0.2) is 29.5 Å². The fraction of sp³-hybridized carbons (Fsp3) is 0.650. The van der Waals surface area contributed by atoms with Crippen molar-refractivity contribution < 1.29 is 55.8 Å². The third-order valence-corrected chi connectivity index (χ3v) is 4.99. The molecular weight excluding hydrogens is 440 g/mol. The van der Waals surface area contributed by atoms with E-state index in [-0.39, 0.29) is 55.8 Å². The van der Waals surface area contributed by atoms with Gasteiger partial charge in [0.2, 0.25) is 0 Å². The number of nitrogens with zero attached hydrogens (tertiary/aromatic N) is 3. The van der Waals surface area contributed by atoms with Crippen molar-refractivity contribution in [3.63, 3.8) is 0 Å². The normalized spacial score (nSPS) is 18.3. The number of hydrogen-bond donors (Lipinski definition) is 0. The molecule has 0 N–H and O–H groups in total. The minimum absolute atomic E-state index is 0. The first-order valence-electron chi connectivity index (χ1n) is 9.35. The first-order valence-corrected chi connectivity index (χ1v) is 9.35. The average molecular weight is 469 g/mol. The Balaban J connectivity index is 0. The van der Waals surface area contributed by atoms with Gasteiger partial charge in [0.15, 0.2) is 0 Å². The van der Waals surface area contributed by atoms with E-state index in [1.54, 1.807) is 0 Å². The van der Waals surface area contributed by atoms with Crippen molar-refractivity contribution in [2.45, 2.75) is 83.2 Å². The van der Waals surface area contributed by atoms with Crippen molar-refractivity contribution >= 4 is 12.4 Å². The number of rotatable bonds is 4. The van der Waals surface area contributed by atoms with Gasteiger partial charge in [-0.1, -0.05) is 38.5 Å². The van der Waals surface area contributed by atoms with Crippen LogP contribution in [0.5, 0.6) is 0 Å². The van der Waals surface area contributed by atoms with Crippen LogP contribution < -0.4 is 37.2 Å². The predicted octanol–water partition coefficient (Wildman–Crippen LogP) is -4.10. The quantitative estimate of drug-likeness (QED) is 0.414. The fourth-order valence-corrected chi connectivity index (χ4v) is 3.68. The molecule has 2 saturated carbocycles. The van der Waals surface area contributed by atoms with E-state index in [2.05, 4.69) is 19.1 Å². The SMILES string of the molecule is Cc1cc(C=NC2CCCCC2)nc(C=NC2CCCCC2)c1.[Cl-].[Cl-].[Cl-].[V+3].